The Morgan fingerprint density at radius 3 is 1.74 bits per heavy atom. The van der Waals surface area contributed by atoms with E-state index in [0.29, 0.717) is 17.5 Å². The summed E-state index contributed by atoms with van der Waals surface area (Å²) in [5.41, 5.74) is 35.7. The number of benzene rings is 3. The van der Waals surface area contributed by atoms with Gasteiger partial charge in [-0.3, -0.25) is 72.8 Å². The number of carbonyl (C=O) groups is 11. The molecule has 0 bridgehead atoms. The molecule has 10 amide bonds. The molecule has 9 atom stereocenters. The van der Waals surface area contributed by atoms with Gasteiger partial charge in [0.05, 0.1) is 35.8 Å². The van der Waals surface area contributed by atoms with Gasteiger partial charge in [-0.1, -0.05) is 54.6 Å². The zero-order chi connectivity index (χ0) is 69.4. The molecule has 0 unspecified atom stereocenters. The number of aliphatic carboxylic acids is 1. The van der Waals surface area contributed by atoms with E-state index in [9.17, 15) is 73.1 Å². The predicted molar refractivity (Wildman–Crippen MR) is 341 cm³/mol. The fraction of sp³-hybridized carbons (Fsp3) is 0.475. The number of nitro benzene ring substituents is 1. The number of carbonyl (C=O) groups excluding carboxylic acids is 10. The Morgan fingerprint density at radius 2 is 1.16 bits per heavy atom. The summed E-state index contributed by atoms with van der Waals surface area (Å²) in [6.07, 6.45) is -1.04. The van der Waals surface area contributed by atoms with E-state index >= 15 is 0 Å². The van der Waals surface area contributed by atoms with Gasteiger partial charge in [0.15, 0.2) is 11.9 Å². The quantitative estimate of drug-likeness (QED) is 0.00633. The first-order chi connectivity index (χ1) is 44.7. The summed E-state index contributed by atoms with van der Waals surface area (Å²) < 4.78 is 0. The van der Waals surface area contributed by atoms with Crippen molar-refractivity contribution in [1.29, 1.82) is 0 Å². The maximum atomic E-state index is 14.6. The minimum absolute atomic E-state index is 0.00729. The van der Waals surface area contributed by atoms with Crippen molar-refractivity contribution in [2.24, 2.45) is 38.7 Å². The molecule has 512 valence electrons. The molecule has 1 heterocycles. The van der Waals surface area contributed by atoms with Crippen LogP contribution in [0.2, 0.25) is 0 Å². The van der Waals surface area contributed by atoms with Crippen molar-refractivity contribution in [3.05, 3.63) is 106 Å². The van der Waals surface area contributed by atoms with Gasteiger partial charge < -0.3 is 102 Å². The Balaban J connectivity index is 1.48. The van der Waals surface area contributed by atoms with Gasteiger partial charge in [0, 0.05) is 50.4 Å². The monoisotopic (exact) mass is 1320 g/mol. The molecule has 94 heavy (non-hydrogen) atoms. The smallest absolute Gasteiger partial charge is 0.322 e. The number of hydrogen-bond donors (Lipinski definition) is 18. The number of unbranched alkanes of at least 4 members (excludes halogenated alkanes) is 1. The molecule has 3 aromatic carbocycles. The Labute approximate surface area is 540 Å². The third kappa shape index (κ3) is 26.0. The molecule has 4 rings (SSSR count). The number of likely N-dealkylation sites (tertiary alicyclic amines) is 1. The maximum absolute atomic E-state index is 14.6. The van der Waals surface area contributed by atoms with Crippen LogP contribution >= 0.6 is 0 Å². The lowest BCUT2D eigenvalue weighted by Crippen LogP contribution is -2.61. The molecule has 35 nitrogen and oxygen atoms in total. The molecule has 1 aliphatic heterocycles. The highest BCUT2D eigenvalue weighted by Crippen LogP contribution is 2.21. The maximum Gasteiger partial charge on any atom is 0.322 e. The van der Waals surface area contributed by atoms with Gasteiger partial charge in [0.25, 0.3) is 11.6 Å². The van der Waals surface area contributed by atoms with Crippen molar-refractivity contribution in [2.75, 3.05) is 51.6 Å². The van der Waals surface area contributed by atoms with Crippen LogP contribution in [0.3, 0.4) is 0 Å². The van der Waals surface area contributed by atoms with E-state index in [-0.39, 0.29) is 119 Å². The van der Waals surface area contributed by atoms with Crippen LogP contribution in [0.5, 0.6) is 0 Å². The number of nitrogens with two attached hydrogens (primary N) is 6. The molecule has 0 saturated carbocycles. The second-order valence-electron chi connectivity index (χ2n) is 22.0. The third-order valence-corrected chi connectivity index (χ3v) is 14.6. The Morgan fingerprint density at radius 1 is 0.628 bits per heavy atom. The van der Waals surface area contributed by atoms with Crippen molar-refractivity contribution < 1.29 is 73.0 Å². The van der Waals surface area contributed by atoms with E-state index in [1.165, 1.54) is 35.2 Å². The average molecular weight is 1320 g/mol. The molecule has 35 heteroatoms. The minimum Gasteiger partial charge on any atom is -0.480 e. The number of non-ortho nitro benzene ring substituents is 1. The number of aliphatic hydroxyl groups is 2. The zero-order valence-corrected chi connectivity index (χ0v) is 51.8. The average Bonchev–Trinajstić information content (AvgIpc) is 1.62. The number of nitro groups is 1. The van der Waals surface area contributed by atoms with Crippen molar-refractivity contribution in [3.8, 4) is 0 Å². The van der Waals surface area contributed by atoms with E-state index in [1.807, 2.05) is 0 Å². The summed E-state index contributed by atoms with van der Waals surface area (Å²) in [5.74, 6) is -10.8. The fourth-order valence-corrected chi connectivity index (χ4v) is 9.70. The van der Waals surface area contributed by atoms with Gasteiger partial charge in [0.1, 0.15) is 48.8 Å². The van der Waals surface area contributed by atoms with Gasteiger partial charge in [-0.15, -0.1) is 0 Å². The van der Waals surface area contributed by atoms with Crippen LogP contribution in [0.25, 0.3) is 0 Å². The Bertz CT molecular complexity index is 3170. The summed E-state index contributed by atoms with van der Waals surface area (Å²) in [6, 6.07) is 8.60. The second-order valence-corrected chi connectivity index (χ2v) is 22.0. The number of hydrogen-bond acceptors (Lipinski definition) is 19. The lowest BCUT2D eigenvalue weighted by atomic mass is 10.0. The summed E-state index contributed by atoms with van der Waals surface area (Å²) in [6.45, 7) is -1.40. The largest absolute Gasteiger partial charge is 0.480 e. The number of nitrogens with zero attached hydrogens (tertiary/aromatic N) is 4. The first-order valence-corrected chi connectivity index (χ1v) is 30.1. The predicted octanol–water partition coefficient (Wildman–Crippen LogP) is -5.41. The normalized spacial score (nSPS) is 15.0. The number of aliphatic imine (C=N–C) groups is 2. The highest BCUT2D eigenvalue weighted by molar-refractivity contribution is 6.00. The highest BCUT2D eigenvalue weighted by Gasteiger charge is 2.39. The zero-order valence-electron chi connectivity index (χ0n) is 51.8. The van der Waals surface area contributed by atoms with Crippen molar-refractivity contribution in [2.45, 2.75) is 132 Å². The van der Waals surface area contributed by atoms with Crippen LogP contribution < -0.4 is 82.3 Å². The highest BCUT2D eigenvalue weighted by atomic mass is 16.6. The number of para-hydroxylation sites is 1. The van der Waals surface area contributed by atoms with Crippen LogP contribution in [0.4, 0.5) is 11.4 Å². The number of nitrogens with one attached hydrogen (secondary N) is 9. The van der Waals surface area contributed by atoms with Gasteiger partial charge in [-0.25, -0.2) is 0 Å². The number of carboxylic acid groups (broad SMARTS) is 1. The molecule has 24 N–H and O–H groups in total. The molecule has 1 fully saturated rings. The van der Waals surface area contributed by atoms with Crippen molar-refractivity contribution in [3.63, 3.8) is 0 Å². The van der Waals surface area contributed by atoms with Gasteiger partial charge >= 0.3 is 5.97 Å². The molecular formula is C59H85N19O16. The van der Waals surface area contributed by atoms with E-state index in [4.69, 9.17) is 39.5 Å². The number of rotatable bonds is 39. The Kier molecular flexibility index (Phi) is 31.5. The van der Waals surface area contributed by atoms with Gasteiger partial charge in [0.2, 0.25) is 53.2 Å². The fourth-order valence-electron chi connectivity index (χ4n) is 9.70. The molecule has 0 spiro atoms. The molecule has 1 aliphatic rings. The van der Waals surface area contributed by atoms with Crippen LogP contribution in [0.1, 0.15) is 86.2 Å². The standard InChI is InChI=1S/C59H85N19O16/c1-33(80)48(56(91)69-30-46(81)71-44(32-79)54(89)72-40(50(85)70-31-47(82)83)16-7-8-24-66-49(84)37-14-5-6-15-38(37)60)76-52(87)42(18-10-26-68-59(64)65)73-53(88)43(29-34-12-3-2-4-13-34)75-51(86)41(17-9-25-67-58(62)63)74-55(90)45-19-11-27-77(45)57(92)39(61)28-35-20-22-36(23-21-35)78(93)94/h2-6,12-15,20-23,33,39-45,48,79-80H,7-11,16-19,24-32,60-61H2,1H3,(H,66,84)(H,69,91)(H,70,85)(H,71,81)(H,72,89)(H,73,88)(H,74,90)(H,75,86)(H,76,87)(H,82,83)(H4,62,63,67)(H4,64,65,68)/t33-,39+,40+,41+,42+,43+,44+,45+,48+/m1/s1. The summed E-state index contributed by atoms with van der Waals surface area (Å²) in [5, 5.41) is 63.2. The lowest BCUT2D eigenvalue weighted by Gasteiger charge is -2.29. The Hall–Kier alpha value is -10.6. The topological polar surface area (TPSA) is 584 Å². The summed E-state index contributed by atoms with van der Waals surface area (Å²) in [7, 11) is 0. The number of nitrogen functional groups attached to an aromatic ring is 1. The van der Waals surface area contributed by atoms with E-state index in [1.54, 1.807) is 48.5 Å². The molecular weight excluding hydrogens is 1230 g/mol. The number of anilines is 1. The third-order valence-electron chi connectivity index (χ3n) is 14.6. The molecule has 0 aromatic heterocycles. The number of carboxylic acids is 1. The summed E-state index contributed by atoms with van der Waals surface area (Å²) in [4.78, 5) is 168. The number of guanidine groups is 2. The molecule has 0 aliphatic carbocycles. The first-order valence-electron chi connectivity index (χ1n) is 30.1. The van der Waals surface area contributed by atoms with E-state index in [0.717, 1.165) is 6.92 Å². The molecule has 0 radical (unpaired) electrons. The molecule has 1 saturated heterocycles. The van der Waals surface area contributed by atoms with Crippen LogP contribution in [0, 0.1) is 10.1 Å². The molecule has 3 aromatic rings. The number of amides is 10. The van der Waals surface area contributed by atoms with Crippen LogP contribution in [-0.4, -0.2) is 202 Å². The lowest BCUT2D eigenvalue weighted by molar-refractivity contribution is -0.384. The SMILES string of the molecule is C[C@@H](O)[C@H](NC(=O)[C@H](CCCN=C(N)N)NC(=O)[C@H](Cc1ccccc1)NC(=O)[C@H](CCCN=C(N)N)NC(=O)[C@@H]1CCCN1C(=O)[C@@H](N)Cc1ccc([N+](=O)[O-])cc1)C(=O)NCC(=O)N[C@@H](CO)C(=O)N[C@@H](CCCCNC(=O)c1ccccc1N)C(=O)NCC(=O)O. The minimum atomic E-state index is -1.83. The van der Waals surface area contributed by atoms with Crippen molar-refractivity contribution in [1.82, 2.24) is 52.8 Å². The summed E-state index contributed by atoms with van der Waals surface area (Å²) >= 11 is 0. The number of aliphatic hydroxyl groups excluding tert-OH is 2. The second kappa shape index (κ2) is 39.0. The van der Waals surface area contributed by atoms with Gasteiger partial charge in [-0.2, -0.15) is 0 Å². The van der Waals surface area contributed by atoms with Gasteiger partial charge in [-0.05, 0) is 94.4 Å². The van der Waals surface area contributed by atoms with Crippen LogP contribution in [-0.2, 0) is 60.8 Å². The first kappa shape index (κ1) is 75.9. The van der Waals surface area contributed by atoms with Crippen molar-refractivity contribution >= 4 is 88.3 Å². The van der Waals surface area contributed by atoms with Crippen LogP contribution in [0.15, 0.2) is 88.8 Å². The van der Waals surface area contributed by atoms with E-state index in [2.05, 4.69) is 57.8 Å². The van der Waals surface area contributed by atoms with E-state index < -0.39 is 144 Å².